The van der Waals surface area contributed by atoms with Gasteiger partial charge in [0.1, 0.15) is 18.7 Å². The smallest absolute Gasteiger partial charge is 0.265 e. The number of benzene rings is 3. The molecule has 1 N–H and O–H groups in total. The largest absolute Gasteiger partial charge is 0.492 e. The molecule has 6 heteroatoms. The molecule has 6 nitrogen and oxygen atoms in total. The van der Waals surface area contributed by atoms with E-state index < -0.39 is 0 Å². The van der Waals surface area contributed by atoms with Gasteiger partial charge < -0.3 is 10.1 Å². The molecule has 1 amide bonds. The van der Waals surface area contributed by atoms with Gasteiger partial charge in [-0.15, -0.1) is 0 Å². The van der Waals surface area contributed by atoms with E-state index in [-0.39, 0.29) is 11.5 Å². The average molecular weight is 399 g/mol. The zero-order valence-corrected chi connectivity index (χ0v) is 16.5. The summed E-state index contributed by atoms with van der Waals surface area (Å²) in [7, 11) is 0. The number of aromatic nitrogens is 2. The lowest BCUT2D eigenvalue weighted by atomic mass is 10.2. The average Bonchev–Trinajstić information content (AvgIpc) is 2.77. The predicted octanol–water partition coefficient (Wildman–Crippen LogP) is 3.50. The maximum absolute atomic E-state index is 12.7. The molecule has 0 aliphatic carbocycles. The van der Waals surface area contributed by atoms with E-state index in [2.05, 4.69) is 10.3 Å². The van der Waals surface area contributed by atoms with E-state index in [1.165, 1.54) is 10.9 Å². The number of ether oxygens (including phenoxy) is 1. The monoisotopic (exact) mass is 399 g/mol. The predicted molar refractivity (Wildman–Crippen MR) is 116 cm³/mol. The Balaban J connectivity index is 1.39. The Morgan fingerprint density at radius 3 is 2.63 bits per heavy atom. The number of hydrogen-bond donors (Lipinski definition) is 1. The number of para-hydroxylation sites is 1. The highest BCUT2D eigenvalue weighted by Gasteiger charge is 2.08. The van der Waals surface area contributed by atoms with Crippen molar-refractivity contribution < 1.29 is 9.53 Å². The van der Waals surface area contributed by atoms with Crippen LogP contribution in [-0.2, 0) is 0 Å². The second-order valence-electron chi connectivity index (χ2n) is 6.90. The van der Waals surface area contributed by atoms with Crippen LogP contribution in [-0.4, -0.2) is 28.6 Å². The van der Waals surface area contributed by atoms with E-state index in [9.17, 15) is 9.59 Å². The molecule has 4 rings (SSSR count). The van der Waals surface area contributed by atoms with Crippen molar-refractivity contribution in [3.63, 3.8) is 0 Å². The molecule has 150 valence electrons. The molecular formula is C24H21N3O3. The molecule has 0 unspecified atom stereocenters. The number of rotatable bonds is 6. The summed E-state index contributed by atoms with van der Waals surface area (Å²) in [5.41, 5.74) is 2.79. The van der Waals surface area contributed by atoms with Crippen LogP contribution in [0.5, 0.6) is 5.75 Å². The van der Waals surface area contributed by atoms with Gasteiger partial charge in [-0.05, 0) is 61.0 Å². The van der Waals surface area contributed by atoms with E-state index in [4.69, 9.17) is 4.74 Å². The van der Waals surface area contributed by atoms with Crippen LogP contribution < -0.4 is 15.6 Å². The lowest BCUT2D eigenvalue weighted by Gasteiger charge is -2.10. The SMILES string of the molecule is Cc1cccc(OCCNC(=O)c2ccc(-n3cnc4ccccc4c3=O)cc2)c1. The number of amides is 1. The minimum Gasteiger partial charge on any atom is -0.492 e. The van der Waals surface area contributed by atoms with Gasteiger partial charge in [0.05, 0.1) is 23.1 Å². The summed E-state index contributed by atoms with van der Waals surface area (Å²) >= 11 is 0. The van der Waals surface area contributed by atoms with Crippen LogP contribution >= 0.6 is 0 Å². The fraction of sp³-hybridized carbons (Fsp3) is 0.125. The van der Waals surface area contributed by atoms with E-state index in [1.54, 1.807) is 36.4 Å². The highest BCUT2D eigenvalue weighted by molar-refractivity contribution is 5.94. The quantitative estimate of drug-likeness (QED) is 0.504. The summed E-state index contributed by atoms with van der Waals surface area (Å²) in [5.74, 6) is 0.585. The van der Waals surface area contributed by atoms with Crippen molar-refractivity contribution in [3.8, 4) is 11.4 Å². The van der Waals surface area contributed by atoms with Crippen LogP contribution in [0.2, 0.25) is 0 Å². The van der Waals surface area contributed by atoms with Gasteiger partial charge in [0.15, 0.2) is 0 Å². The fourth-order valence-electron chi connectivity index (χ4n) is 3.17. The molecule has 0 saturated heterocycles. The maximum Gasteiger partial charge on any atom is 0.265 e. The number of aryl methyl sites for hydroxylation is 1. The van der Waals surface area contributed by atoms with Gasteiger partial charge in [-0.2, -0.15) is 0 Å². The third-order valence-corrected chi connectivity index (χ3v) is 4.72. The van der Waals surface area contributed by atoms with Gasteiger partial charge >= 0.3 is 0 Å². The van der Waals surface area contributed by atoms with E-state index in [0.717, 1.165) is 11.3 Å². The Morgan fingerprint density at radius 2 is 1.83 bits per heavy atom. The van der Waals surface area contributed by atoms with Crippen LogP contribution in [0.1, 0.15) is 15.9 Å². The summed E-state index contributed by atoms with van der Waals surface area (Å²) < 4.78 is 7.11. The molecular weight excluding hydrogens is 378 g/mol. The van der Waals surface area contributed by atoms with Gasteiger partial charge in [-0.25, -0.2) is 4.98 Å². The number of carbonyl (C=O) groups is 1. The summed E-state index contributed by atoms with van der Waals surface area (Å²) in [6.07, 6.45) is 1.50. The minimum absolute atomic E-state index is 0.147. The first-order valence-electron chi connectivity index (χ1n) is 9.66. The first kappa shape index (κ1) is 19.4. The first-order valence-corrected chi connectivity index (χ1v) is 9.66. The molecule has 0 bridgehead atoms. The summed E-state index contributed by atoms with van der Waals surface area (Å²) in [4.78, 5) is 29.4. The number of hydrogen-bond acceptors (Lipinski definition) is 4. The van der Waals surface area contributed by atoms with Crippen LogP contribution in [0.3, 0.4) is 0 Å². The molecule has 0 aliphatic heterocycles. The maximum atomic E-state index is 12.7. The van der Waals surface area contributed by atoms with E-state index in [1.807, 2.05) is 43.3 Å². The van der Waals surface area contributed by atoms with Gasteiger partial charge in [0.25, 0.3) is 11.5 Å². The fourth-order valence-corrected chi connectivity index (χ4v) is 3.17. The number of nitrogens with one attached hydrogen (secondary N) is 1. The molecule has 0 spiro atoms. The molecule has 0 aliphatic rings. The zero-order chi connectivity index (χ0) is 20.9. The summed E-state index contributed by atoms with van der Waals surface area (Å²) in [6, 6.07) is 21.8. The van der Waals surface area contributed by atoms with Gasteiger partial charge in [0, 0.05) is 5.56 Å². The molecule has 3 aromatic carbocycles. The van der Waals surface area contributed by atoms with Crippen LogP contribution in [0.25, 0.3) is 16.6 Å². The minimum atomic E-state index is -0.196. The molecule has 0 radical (unpaired) electrons. The molecule has 1 aromatic heterocycles. The van der Waals surface area contributed by atoms with Crippen molar-refractivity contribution in [1.29, 1.82) is 0 Å². The van der Waals surface area contributed by atoms with Crippen molar-refractivity contribution in [2.45, 2.75) is 6.92 Å². The molecule has 1 heterocycles. The topological polar surface area (TPSA) is 73.2 Å². The molecule has 0 saturated carbocycles. The van der Waals surface area contributed by atoms with E-state index in [0.29, 0.717) is 35.3 Å². The Kier molecular flexibility index (Phi) is 5.57. The molecule has 30 heavy (non-hydrogen) atoms. The van der Waals surface area contributed by atoms with Crippen molar-refractivity contribution in [3.05, 3.63) is 101 Å². The van der Waals surface area contributed by atoms with Crippen molar-refractivity contribution in [2.75, 3.05) is 13.2 Å². The van der Waals surface area contributed by atoms with Crippen LogP contribution in [0, 0.1) is 6.92 Å². The van der Waals surface area contributed by atoms with Crippen molar-refractivity contribution in [2.24, 2.45) is 0 Å². The Morgan fingerprint density at radius 1 is 1.03 bits per heavy atom. The third kappa shape index (κ3) is 4.22. The Labute approximate surface area is 173 Å². The number of fused-ring (bicyclic) bond motifs is 1. The lowest BCUT2D eigenvalue weighted by Crippen LogP contribution is -2.28. The lowest BCUT2D eigenvalue weighted by molar-refractivity contribution is 0.0947. The van der Waals surface area contributed by atoms with Crippen LogP contribution in [0.4, 0.5) is 0 Å². The van der Waals surface area contributed by atoms with Gasteiger partial charge in [0.2, 0.25) is 0 Å². The van der Waals surface area contributed by atoms with Gasteiger partial charge in [-0.1, -0.05) is 24.3 Å². The number of carbonyl (C=O) groups excluding carboxylic acids is 1. The normalized spacial score (nSPS) is 10.7. The highest BCUT2D eigenvalue weighted by Crippen LogP contribution is 2.12. The highest BCUT2D eigenvalue weighted by atomic mass is 16.5. The first-order chi connectivity index (χ1) is 14.6. The second-order valence-corrected chi connectivity index (χ2v) is 6.90. The van der Waals surface area contributed by atoms with Crippen molar-refractivity contribution in [1.82, 2.24) is 14.9 Å². The summed E-state index contributed by atoms with van der Waals surface area (Å²) in [5, 5.41) is 3.39. The van der Waals surface area contributed by atoms with Crippen molar-refractivity contribution >= 4 is 16.8 Å². The molecule has 4 aromatic rings. The van der Waals surface area contributed by atoms with Crippen LogP contribution in [0.15, 0.2) is 83.9 Å². The van der Waals surface area contributed by atoms with Gasteiger partial charge in [-0.3, -0.25) is 14.2 Å². The third-order valence-electron chi connectivity index (χ3n) is 4.72. The van der Waals surface area contributed by atoms with E-state index >= 15 is 0 Å². The summed E-state index contributed by atoms with van der Waals surface area (Å²) in [6.45, 7) is 2.77. The molecule has 0 atom stereocenters. The number of nitrogens with zero attached hydrogens (tertiary/aromatic N) is 2. The second kappa shape index (κ2) is 8.61. The standard InChI is InChI=1S/C24H21N3O3/c1-17-5-4-6-20(15-17)30-14-13-25-23(28)18-9-11-19(12-10-18)27-16-26-22-8-3-2-7-21(22)24(27)29/h2-12,15-16H,13-14H2,1H3,(H,25,28). The Hall–Kier alpha value is -3.93. The molecule has 0 fully saturated rings. The zero-order valence-electron chi connectivity index (χ0n) is 16.5. The Bertz CT molecular complexity index is 1250.